The number of carbonyl (C=O) groups excluding carboxylic acids is 1. The molecule has 1 aliphatic carbocycles. The second-order valence-electron chi connectivity index (χ2n) is 6.86. The normalized spacial score (nSPS) is 24.2. The molecule has 2 fully saturated rings. The van der Waals surface area contributed by atoms with E-state index in [1.54, 1.807) is 0 Å². The number of hydrogen-bond acceptors (Lipinski definition) is 4. The monoisotopic (exact) mass is 363 g/mol. The average molecular weight is 363 g/mol. The molecule has 6 heteroatoms. The fraction of sp³-hybridized carbons (Fsp3) is 0.579. The molecule has 0 unspecified atom stereocenters. The van der Waals surface area contributed by atoms with Crippen LogP contribution in [-0.2, 0) is 20.1 Å². The second kappa shape index (κ2) is 8.72. The van der Waals surface area contributed by atoms with Gasteiger partial charge in [-0.15, -0.1) is 0 Å². The van der Waals surface area contributed by atoms with Crippen LogP contribution in [0.25, 0.3) is 0 Å². The first-order valence-electron chi connectivity index (χ1n) is 8.94. The highest BCUT2D eigenvalue weighted by molar-refractivity contribution is 7.99. The molecule has 5 nitrogen and oxygen atoms in total. The highest BCUT2D eigenvalue weighted by Gasteiger charge is 2.33. The Labute approximate surface area is 152 Å². The van der Waals surface area contributed by atoms with Crippen LogP contribution in [0.3, 0.4) is 0 Å². The van der Waals surface area contributed by atoms with Crippen molar-refractivity contribution < 1.29 is 19.4 Å². The van der Waals surface area contributed by atoms with Crippen molar-refractivity contribution in [3.05, 3.63) is 29.8 Å². The molecule has 1 amide bonds. The molecule has 2 atom stereocenters. The molecule has 0 aromatic heterocycles. The Morgan fingerprint density at radius 1 is 1.16 bits per heavy atom. The topological polar surface area (TPSA) is 75.6 Å². The molecule has 3 rings (SSSR count). The van der Waals surface area contributed by atoms with Crippen molar-refractivity contribution in [3.63, 3.8) is 0 Å². The minimum Gasteiger partial charge on any atom is -0.481 e. The summed E-state index contributed by atoms with van der Waals surface area (Å²) >= 11 is 1.95. The summed E-state index contributed by atoms with van der Waals surface area (Å²) in [4.78, 5) is 23.4. The van der Waals surface area contributed by atoms with Gasteiger partial charge in [-0.1, -0.05) is 12.1 Å². The summed E-state index contributed by atoms with van der Waals surface area (Å²) in [7, 11) is 0. The van der Waals surface area contributed by atoms with Gasteiger partial charge in [-0.05, 0) is 49.8 Å². The fourth-order valence-electron chi connectivity index (χ4n) is 3.48. The van der Waals surface area contributed by atoms with E-state index in [0.29, 0.717) is 24.5 Å². The van der Waals surface area contributed by atoms with Crippen LogP contribution < -0.4 is 5.32 Å². The lowest BCUT2D eigenvalue weighted by Gasteiger charge is -2.21. The van der Waals surface area contributed by atoms with Crippen LogP contribution >= 0.6 is 11.8 Å². The van der Waals surface area contributed by atoms with Crippen molar-refractivity contribution in [2.75, 3.05) is 18.5 Å². The maximum Gasteiger partial charge on any atom is 0.306 e. The zero-order valence-electron chi connectivity index (χ0n) is 14.3. The van der Waals surface area contributed by atoms with Gasteiger partial charge in [-0.25, -0.2) is 0 Å². The number of carbonyl (C=O) groups is 2. The Hall–Kier alpha value is -1.53. The summed E-state index contributed by atoms with van der Waals surface area (Å²) in [6.45, 7) is 1.71. The van der Waals surface area contributed by atoms with Gasteiger partial charge in [0.25, 0.3) is 0 Å². The second-order valence-corrected chi connectivity index (χ2v) is 8.15. The fourth-order valence-corrected chi connectivity index (χ4v) is 4.62. The van der Waals surface area contributed by atoms with Gasteiger partial charge in [0, 0.05) is 35.8 Å². The van der Waals surface area contributed by atoms with Crippen molar-refractivity contribution in [2.45, 2.75) is 43.1 Å². The summed E-state index contributed by atoms with van der Waals surface area (Å²) in [5.74, 6) is -0.487. The van der Waals surface area contributed by atoms with Gasteiger partial charge in [0.2, 0.25) is 5.91 Å². The lowest BCUT2D eigenvalue weighted by molar-refractivity contribution is -0.141. The van der Waals surface area contributed by atoms with E-state index in [-0.39, 0.29) is 17.7 Å². The number of amides is 1. The highest BCUT2D eigenvalue weighted by atomic mass is 32.2. The zero-order chi connectivity index (χ0) is 17.6. The number of anilines is 1. The van der Waals surface area contributed by atoms with Crippen molar-refractivity contribution in [3.8, 4) is 0 Å². The summed E-state index contributed by atoms with van der Waals surface area (Å²) in [5, 5.41) is 12.7. The lowest BCUT2D eigenvalue weighted by atomic mass is 10.0. The summed E-state index contributed by atoms with van der Waals surface area (Å²) < 4.78 is 5.39. The largest absolute Gasteiger partial charge is 0.481 e. The van der Waals surface area contributed by atoms with Crippen LogP contribution in [0.2, 0.25) is 0 Å². The van der Waals surface area contributed by atoms with Crippen molar-refractivity contribution >= 4 is 29.3 Å². The quantitative estimate of drug-likeness (QED) is 0.808. The Bertz CT molecular complexity index is 615. The minimum absolute atomic E-state index is 0.0574. The molecular formula is C19H25NO4S. The lowest BCUT2D eigenvalue weighted by Crippen LogP contribution is -2.21. The number of ether oxygens (including phenoxy) is 1. The molecule has 2 aliphatic rings. The third-order valence-corrected chi connectivity index (χ3v) is 6.44. The molecule has 0 radical (unpaired) electrons. The van der Waals surface area contributed by atoms with Gasteiger partial charge in [-0.3, -0.25) is 9.59 Å². The molecule has 1 heterocycles. The van der Waals surface area contributed by atoms with Crippen molar-refractivity contribution in [1.82, 2.24) is 0 Å². The van der Waals surface area contributed by atoms with Gasteiger partial charge in [0.05, 0.1) is 5.92 Å². The van der Waals surface area contributed by atoms with E-state index in [4.69, 9.17) is 9.84 Å². The van der Waals surface area contributed by atoms with Gasteiger partial charge in [-0.2, -0.15) is 11.8 Å². The molecule has 1 saturated carbocycles. The number of thioether (sulfide) groups is 1. The number of hydrogen-bond donors (Lipinski definition) is 2. The van der Waals surface area contributed by atoms with Crippen LogP contribution in [0.4, 0.5) is 5.69 Å². The highest BCUT2D eigenvalue weighted by Crippen LogP contribution is 2.32. The van der Waals surface area contributed by atoms with E-state index in [1.165, 1.54) is 5.56 Å². The number of carboxylic acids is 1. The number of aliphatic carboxylic acids is 1. The Morgan fingerprint density at radius 3 is 2.64 bits per heavy atom. The van der Waals surface area contributed by atoms with Crippen molar-refractivity contribution in [2.24, 2.45) is 11.8 Å². The maximum absolute atomic E-state index is 12.4. The molecule has 2 N–H and O–H groups in total. The van der Waals surface area contributed by atoms with Crippen LogP contribution in [0.5, 0.6) is 0 Å². The number of benzene rings is 1. The van der Waals surface area contributed by atoms with Gasteiger partial charge < -0.3 is 15.2 Å². The number of rotatable bonds is 6. The molecule has 0 bridgehead atoms. The first kappa shape index (κ1) is 18.3. The predicted octanol–water partition coefficient (Wildman–Crippen LogP) is 3.54. The first-order chi connectivity index (χ1) is 12.1. The summed E-state index contributed by atoms with van der Waals surface area (Å²) in [5.41, 5.74) is 2.00. The first-order valence-corrected chi connectivity index (χ1v) is 9.98. The Morgan fingerprint density at radius 2 is 1.92 bits per heavy atom. The van der Waals surface area contributed by atoms with E-state index < -0.39 is 5.97 Å². The standard InChI is InChI=1S/C19H25NO4S/c21-18(14-4-5-15(11-14)19(22)23)20-16-3-1-2-13(10-16)12-25-17-6-8-24-9-7-17/h1-3,10,14-15,17H,4-9,11-12H2,(H,20,21)(H,22,23)/t14-,15+/m0/s1. The van der Waals surface area contributed by atoms with Crippen LogP contribution in [0, 0.1) is 11.8 Å². The number of nitrogens with one attached hydrogen (secondary N) is 1. The van der Waals surface area contributed by atoms with Crippen LogP contribution in [0.1, 0.15) is 37.7 Å². The predicted molar refractivity (Wildman–Crippen MR) is 98.7 cm³/mol. The minimum atomic E-state index is -0.789. The van der Waals surface area contributed by atoms with E-state index >= 15 is 0 Å². The molecule has 1 saturated heterocycles. The van der Waals surface area contributed by atoms with E-state index in [9.17, 15) is 9.59 Å². The molecule has 25 heavy (non-hydrogen) atoms. The average Bonchev–Trinajstić information content (AvgIpc) is 3.12. The third kappa shape index (κ3) is 5.22. The number of carboxylic acid groups (broad SMARTS) is 1. The van der Waals surface area contributed by atoms with Gasteiger partial charge >= 0.3 is 5.97 Å². The van der Waals surface area contributed by atoms with Gasteiger partial charge in [0.1, 0.15) is 0 Å². The molecule has 136 valence electrons. The van der Waals surface area contributed by atoms with E-state index in [1.807, 2.05) is 30.0 Å². The zero-order valence-corrected chi connectivity index (χ0v) is 15.1. The summed E-state index contributed by atoms with van der Waals surface area (Å²) in [6.07, 6.45) is 3.90. The van der Waals surface area contributed by atoms with Gasteiger partial charge in [0.15, 0.2) is 0 Å². The Balaban J connectivity index is 1.51. The third-order valence-electron chi connectivity index (χ3n) is 5.00. The molecule has 0 spiro atoms. The molecule has 1 aromatic carbocycles. The van der Waals surface area contributed by atoms with E-state index in [0.717, 1.165) is 37.5 Å². The molecule has 1 aromatic rings. The smallest absolute Gasteiger partial charge is 0.306 e. The molecular weight excluding hydrogens is 338 g/mol. The molecule has 1 aliphatic heterocycles. The van der Waals surface area contributed by atoms with Crippen LogP contribution in [0.15, 0.2) is 24.3 Å². The summed E-state index contributed by atoms with van der Waals surface area (Å²) in [6, 6.07) is 7.96. The Kier molecular flexibility index (Phi) is 6.37. The van der Waals surface area contributed by atoms with Crippen LogP contribution in [-0.4, -0.2) is 35.4 Å². The van der Waals surface area contributed by atoms with E-state index in [2.05, 4.69) is 11.4 Å². The van der Waals surface area contributed by atoms with Crippen molar-refractivity contribution in [1.29, 1.82) is 0 Å². The maximum atomic E-state index is 12.4. The SMILES string of the molecule is O=C(O)[C@@H]1CC[C@H](C(=O)Nc2cccc(CSC3CCOCC3)c2)C1.